The first-order valence-electron chi connectivity index (χ1n) is 6.16. The van der Waals surface area contributed by atoms with Crippen molar-refractivity contribution in [2.75, 3.05) is 6.54 Å². The summed E-state index contributed by atoms with van der Waals surface area (Å²) >= 11 is 12.0. The lowest BCUT2D eigenvalue weighted by Crippen LogP contribution is -2.38. The van der Waals surface area contributed by atoms with E-state index in [1.807, 2.05) is 13.8 Å². The van der Waals surface area contributed by atoms with Crippen molar-refractivity contribution in [3.05, 3.63) is 33.8 Å². The second-order valence-corrected chi connectivity index (χ2v) is 5.37. The zero-order chi connectivity index (χ0) is 13.8. The molecule has 1 aromatic rings. The molecule has 0 aliphatic rings. The van der Waals surface area contributed by atoms with Crippen LogP contribution in [0.25, 0.3) is 0 Å². The van der Waals surface area contributed by atoms with Crippen molar-refractivity contribution in [2.24, 2.45) is 11.1 Å². The van der Waals surface area contributed by atoms with E-state index in [1.165, 1.54) is 0 Å². The third-order valence-corrected chi connectivity index (χ3v) is 4.30. The van der Waals surface area contributed by atoms with E-state index < -0.39 is 5.41 Å². The van der Waals surface area contributed by atoms with Gasteiger partial charge in [0.15, 0.2) is 0 Å². The van der Waals surface area contributed by atoms with Crippen molar-refractivity contribution in [3.8, 4) is 0 Å². The van der Waals surface area contributed by atoms with E-state index in [2.05, 4.69) is 0 Å². The van der Waals surface area contributed by atoms with Crippen LogP contribution in [-0.2, 0) is 11.2 Å². The van der Waals surface area contributed by atoms with Gasteiger partial charge in [-0.3, -0.25) is 4.79 Å². The van der Waals surface area contributed by atoms with Crippen molar-refractivity contribution in [1.29, 1.82) is 0 Å². The molecule has 1 aromatic carbocycles. The predicted octanol–water partition coefficient (Wildman–Crippen LogP) is 3.87. The monoisotopic (exact) mass is 287 g/mol. The van der Waals surface area contributed by atoms with Crippen LogP contribution in [0.1, 0.15) is 32.3 Å². The predicted molar refractivity (Wildman–Crippen MR) is 77.2 cm³/mol. The molecule has 2 nitrogen and oxygen atoms in total. The number of benzene rings is 1. The molecule has 100 valence electrons. The summed E-state index contributed by atoms with van der Waals surface area (Å²) < 4.78 is 0. The van der Waals surface area contributed by atoms with Crippen LogP contribution in [0.2, 0.25) is 10.0 Å². The third kappa shape index (κ3) is 3.25. The van der Waals surface area contributed by atoms with E-state index in [4.69, 9.17) is 28.9 Å². The molecule has 0 aliphatic carbocycles. The summed E-state index contributed by atoms with van der Waals surface area (Å²) in [7, 11) is 0. The number of nitrogens with two attached hydrogens (primary N) is 1. The Morgan fingerprint density at radius 3 is 2.39 bits per heavy atom. The molecule has 1 rings (SSSR count). The maximum Gasteiger partial charge on any atom is 0.144 e. The molecule has 18 heavy (non-hydrogen) atoms. The fourth-order valence-electron chi connectivity index (χ4n) is 2.09. The van der Waals surface area contributed by atoms with Crippen LogP contribution in [0, 0.1) is 5.41 Å². The molecule has 0 radical (unpaired) electrons. The van der Waals surface area contributed by atoms with Gasteiger partial charge in [0.2, 0.25) is 0 Å². The van der Waals surface area contributed by atoms with Crippen molar-refractivity contribution in [2.45, 2.75) is 33.1 Å². The van der Waals surface area contributed by atoms with Gasteiger partial charge in [-0.05, 0) is 36.6 Å². The van der Waals surface area contributed by atoms with Gasteiger partial charge in [0.1, 0.15) is 5.78 Å². The highest BCUT2D eigenvalue weighted by atomic mass is 35.5. The quantitative estimate of drug-likeness (QED) is 0.863. The maximum atomic E-state index is 12.4. The van der Waals surface area contributed by atoms with E-state index >= 15 is 0 Å². The number of hydrogen-bond donors (Lipinski definition) is 1. The summed E-state index contributed by atoms with van der Waals surface area (Å²) in [6.07, 6.45) is 1.78. The molecule has 0 bridgehead atoms. The fourth-order valence-corrected chi connectivity index (χ4v) is 2.47. The normalized spacial score (nSPS) is 11.6. The minimum absolute atomic E-state index is 0.138. The Kier molecular flexibility index (Phi) is 5.64. The highest BCUT2D eigenvalue weighted by Gasteiger charge is 2.33. The molecule has 0 saturated heterocycles. The molecule has 0 spiro atoms. The summed E-state index contributed by atoms with van der Waals surface area (Å²) in [6, 6.07) is 5.18. The first-order valence-corrected chi connectivity index (χ1v) is 6.92. The van der Waals surface area contributed by atoms with Crippen molar-refractivity contribution in [1.82, 2.24) is 0 Å². The third-order valence-electron chi connectivity index (χ3n) is 3.69. The first kappa shape index (κ1) is 15.5. The fraction of sp³-hybridized carbons (Fsp3) is 0.500. The van der Waals surface area contributed by atoms with Gasteiger partial charge in [-0.15, -0.1) is 0 Å². The number of rotatable bonds is 6. The Bertz CT molecular complexity index is 420. The summed E-state index contributed by atoms with van der Waals surface area (Å²) in [5.74, 6) is 0.138. The maximum absolute atomic E-state index is 12.4. The Hall–Kier alpha value is -0.570. The minimum Gasteiger partial charge on any atom is -0.329 e. The second kappa shape index (κ2) is 6.55. The van der Waals surface area contributed by atoms with Crippen LogP contribution in [0.4, 0.5) is 0 Å². The molecule has 0 aromatic heterocycles. The Balaban J connectivity index is 2.96. The number of halogens is 2. The number of carbonyl (C=O) groups excluding carboxylic acids is 1. The molecule has 2 N–H and O–H groups in total. The lowest BCUT2D eigenvalue weighted by molar-refractivity contribution is -0.128. The number of ketones is 1. The smallest absolute Gasteiger partial charge is 0.144 e. The molecular formula is C14H19Cl2NO. The van der Waals surface area contributed by atoms with Crippen molar-refractivity contribution < 1.29 is 4.79 Å². The Morgan fingerprint density at radius 2 is 1.89 bits per heavy atom. The van der Waals surface area contributed by atoms with Gasteiger partial charge < -0.3 is 5.73 Å². The molecule has 0 amide bonds. The number of hydrogen-bond acceptors (Lipinski definition) is 2. The lowest BCUT2D eigenvalue weighted by Gasteiger charge is -2.28. The molecule has 4 heteroatoms. The Labute approximate surface area is 118 Å². The largest absolute Gasteiger partial charge is 0.329 e. The molecule has 0 saturated carbocycles. The minimum atomic E-state index is -0.439. The number of carbonyl (C=O) groups is 1. The SMILES string of the molecule is CCC(CC)(CN)C(=O)Cc1cc(Cl)ccc1Cl. The topological polar surface area (TPSA) is 43.1 Å². The zero-order valence-corrected chi connectivity index (χ0v) is 12.3. The molecule has 0 fully saturated rings. The van der Waals surface area contributed by atoms with Gasteiger partial charge in [-0.2, -0.15) is 0 Å². The molecule has 0 heterocycles. The molecule has 0 unspecified atom stereocenters. The van der Waals surface area contributed by atoms with Crippen LogP contribution >= 0.6 is 23.2 Å². The molecule has 0 aliphatic heterocycles. The summed E-state index contributed by atoms with van der Waals surface area (Å²) in [4.78, 5) is 12.4. The number of Topliss-reactive ketones (excluding diaryl/α,β-unsaturated/α-hetero) is 1. The van der Waals surface area contributed by atoms with Crippen LogP contribution in [0.5, 0.6) is 0 Å². The van der Waals surface area contributed by atoms with E-state index in [-0.39, 0.29) is 12.2 Å². The van der Waals surface area contributed by atoms with Gasteiger partial charge in [0, 0.05) is 28.4 Å². The van der Waals surface area contributed by atoms with E-state index in [0.717, 1.165) is 18.4 Å². The van der Waals surface area contributed by atoms with E-state index in [0.29, 0.717) is 16.6 Å². The summed E-state index contributed by atoms with van der Waals surface area (Å²) in [6.45, 7) is 4.36. The van der Waals surface area contributed by atoms with E-state index in [1.54, 1.807) is 18.2 Å². The molecule has 0 atom stereocenters. The van der Waals surface area contributed by atoms with Gasteiger partial charge >= 0.3 is 0 Å². The Morgan fingerprint density at radius 1 is 1.28 bits per heavy atom. The van der Waals surface area contributed by atoms with Gasteiger partial charge in [-0.25, -0.2) is 0 Å². The second-order valence-electron chi connectivity index (χ2n) is 4.53. The zero-order valence-electron chi connectivity index (χ0n) is 10.8. The average Bonchev–Trinajstić information content (AvgIpc) is 2.37. The highest BCUT2D eigenvalue weighted by Crippen LogP contribution is 2.30. The van der Waals surface area contributed by atoms with Gasteiger partial charge in [0.25, 0.3) is 0 Å². The van der Waals surface area contributed by atoms with Crippen LogP contribution in [0.3, 0.4) is 0 Å². The van der Waals surface area contributed by atoms with Crippen LogP contribution in [0.15, 0.2) is 18.2 Å². The first-order chi connectivity index (χ1) is 8.49. The summed E-state index contributed by atoms with van der Waals surface area (Å²) in [5.41, 5.74) is 6.10. The van der Waals surface area contributed by atoms with E-state index in [9.17, 15) is 4.79 Å². The van der Waals surface area contributed by atoms with Crippen molar-refractivity contribution in [3.63, 3.8) is 0 Å². The average molecular weight is 288 g/mol. The van der Waals surface area contributed by atoms with Gasteiger partial charge in [0.05, 0.1) is 0 Å². The van der Waals surface area contributed by atoms with Crippen molar-refractivity contribution >= 4 is 29.0 Å². The summed E-state index contributed by atoms with van der Waals surface area (Å²) in [5, 5.41) is 1.17. The lowest BCUT2D eigenvalue weighted by atomic mass is 9.76. The van der Waals surface area contributed by atoms with Crippen LogP contribution in [-0.4, -0.2) is 12.3 Å². The standard InChI is InChI=1S/C14H19Cl2NO/c1-3-14(4-2,9-17)13(18)8-10-7-11(15)5-6-12(10)16/h5-7H,3-4,8-9,17H2,1-2H3. The molecular weight excluding hydrogens is 269 g/mol. The van der Waals surface area contributed by atoms with Gasteiger partial charge in [-0.1, -0.05) is 37.0 Å². The van der Waals surface area contributed by atoms with Crippen LogP contribution < -0.4 is 5.73 Å². The highest BCUT2D eigenvalue weighted by molar-refractivity contribution is 6.33.